The van der Waals surface area contributed by atoms with E-state index < -0.39 is 11.9 Å². The minimum atomic E-state index is -0.826. The Kier molecular flexibility index (Phi) is 4.15. The van der Waals surface area contributed by atoms with Crippen molar-refractivity contribution in [2.24, 2.45) is 0 Å². The predicted octanol–water partition coefficient (Wildman–Crippen LogP) is 3.80. The van der Waals surface area contributed by atoms with Gasteiger partial charge in [0.25, 0.3) is 0 Å². The fourth-order valence-electron chi connectivity index (χ4n) is 1.92. The number of hydrogen-bond acceptors (Lipinski definition) is 1. The van der Waals surface area contributed by atoms with Gasteiger partial charge < -0.3 is 5.11 Å². The molecule has 0 amide bonds. The molecule has 0 bridgehead atoms. The number of carboxylic acid groups (broad SMARTS) is 1. The normalized spacial score (nSPS) is 12.1. The summed E-state index contributed by atoms with van der Waals surface area (Å²) in [6, 6.07) is 16.9. The molecule has 0 aliphatic carbocycles. The van der Waals surface area contributed by atoms with Crippen molar-refractivity contribution in [3.8, 4) is 0 Å². The first-order valence-corrected chi connectivity index (χ1v) is 6.77. The number of halogens is 1. The van der Waals surface area contributed by atoms with Crippen LogP contribution < -0.4 is 0 Å². The zero-order valence-corrected chi connectivity index (χ0v) is 11.3. The monoisotopic (exact) mass is 304 g/mol. The van der Waals surface area contributed by atoms with Crippen molar-refractivity contribution in [3.63, 3.8) is 0 Å². The van der Waals surface area contributed by atoms with E-state index in [1.54, 1.807) is 0 Å². The number of aliphatic carboxylic acids is 1. The third-order valence-corrected chi connectivity index (χ3v) is 3.49. The fourth-order valence-corrected chi connectivity index (χ4v) is 2.30. The van der Waals surface area contributed by atoms with E-state index in [0.29, 0.717) is 0 Å². The van der Waals surface area contributed by atoms with E-state index >= 15 is 0 Å². The molecule has 92 valence electrons. The summed E-state index contributed by atoms with van der Waals surface area (Å²) in [5.74, 6) is -1.43. The van der Waals surface area contributed by atoms with Crippen LogP contribution in [0.2, 0.25) is 0 Å². The number of rotatable bonds is 4. The van der Waals surface area contributed by atoms with Crippen LogP contribution >= 0.6 is 15.9 Å². The Bertz CT molecular complexity index is 520. The number of benzene rings is 2. The lowest BCUT2D eigenvalue weighted by atomic mass is 9.91. The highest BCUT2D eigenvalue weighted by Crippen LogP contribution is 2.25. The highest BCUT2D eigenvalue weighted by Gasteiger charge is 2.21. The minimum Gasteiger partial charge on any atom is -0.481 e. The predicted molar refractivity (Wildman–Crippen MR) is 75.0 cm³/mol. The van der Waals surface area contributed by atoms with Crippen LogP contribution in [0.3, 0.4) is 0 Å². The van der Waals surface area contributed by atoms with E-state index in [1.165, 1.54) is 0 Å². The zero-order valence-electron chi connectivity index (χ0n) is 9.71. The summed E-state index contributed by atoms with van der Waals surface area (Å²) in [5, 5.41) is 10.2. The van der Waals surface area contributed by atoms with E-state index in [4.69, 9.17) is 0 Å². The Morgan fingerprint density at radius 1 is 1.00 bits per heavy atom. The van der Waals surface area contributed by atoms with Gasteiger partial charge in [-0.25, -0.2) is 0 Å². The van der Waals surface area contributed by atoms with Gasteiger partial charge in [0.2, 0.25) is 0 Å². The average Bonchev–Trinajstić information content (AvgIpc) is 2.40. The maximum absolute atomic E-state index is 11.4. The number of carbonyl (C=O) groups is 1. The molecule has 18 heavy (non-hydrogen) atoms. The number of carboxylic acids is 1. The molecule has 0 fully saturated rings. The Morgan fingerprint density at radius 2 is 1.56 bits per heavy atom. The lowest BCUT2D eigenvalue weighted by molar-refractivity contribution is -0.137. The van der Waals surface area contributed by atoms with Crippen LogP contribution in [-0.2, 0) is 10.1 Å². The van der Waals surface area contributed by atoms with Gasteiger partial charge in [-0.15, -0.1) is 0 Å². The minimum absolute atomic E-state index is 0.601. The maximum atomic E-state index is 11.4. The maximum Gasteiger partial charge on any atom is 0.315 e. The Labute approximate surface area is 114 Å². The zero-order chi connectivity index (χ0) is 13.0. The van der Waals surface area contributed by atoms with Gasteiger partial charge in [-0.3, -0.25) is 4.79 Å². The van der Waals surface area contributed by atoms with Gasteiger partial charge in [-0.2, -0.15) is 0 Å². The molecule has 2 nitrogen and oxygen atoms in total. The highest BCUT2D eigenvalue weighted by atomic mass is 79.9. The Balaban J connectivity index is 2.39. The van der Waals surface area contributed by atoms with E-state index in [0.717, 1.165) is 22.0 Å². The number of alkyl halides is 1. The number of hydrogen-bond donors (Lipinski definition) is 1. The molecule has 0 heterocycles. The van der Waals surface area contributed by atoms with Crippen LogP contribution in [0.4, 0.5) is 0 Å². The molecule has 1 unspecified atom stereocenters. The second kappa shape index (κ2) is 5.83. The molecule has 1 N–H and O–H groups in total. The second-order valence-corrected chi connectivity index (χ2v) is 4.62. The molecule has 3 heteroatoms. The SMILES string of the molecule is O=C(O)C(c1ccccc1)c1ccc(CBr)cc1. The second-order valence-electron chi connectivity index (χ2n) is 4.06. The third-order valence-electron chi connectivity index (χ3n) is 2.85. The average molecular weight is 305 g/mol. The standard InChI is InChI=1S/C15H13BrO2/c16-10-11-6-8-13(9-7-11)14(15(17)18)12-4-2-1-3-5-12/h1-9,14H,10H2,(H,17,18). The molecule has 0 aliphatic heterocycles. The van der Waals surface area contributed by atoms with Gasteiger partial charge in [0.15, 0.2) is 0 Å². The lowest BCUT2D eigenvalue weighted by Crippen LogP contribution is -2.12. The molecular weight excluding hydrogens is 292 g/mol. The first-order valence-electron chi connectivity index (χ1n) is 5.65. The van der Waals surface area contributed by atoms with E-state index in [1.807, 2.05) is 54.6 Å². The Hall–Kier alpha value is -1.61. The summed E-state index contributed by atoms with van der Waals surface area (Å²) in [6.45, 7) is 0. The molecule has 2 rings (SSSR count). The summed E-state index contributed by atoms with van der Waals surface area (Å²) >= 11 is 3.38. The van der Waals surface area contributed by atoms with Crippen LogP contribution in [-0.4, -0.2) is 11.1 Å². The van der Waals surface area contributed by atoms with Gasteiger partial charge in [-0.1, -0.05) is 70.5 Å². The van der Waals surface area contributed by atoms with Crippen LogP contribution in [0, 0.1) is 0 Å². The Morgan fingerprint density at radius 3 is 2.06 bits per heavy atom. The smallest absolute Gasteiger partial charge is 0.315 e. The molecule has 0 saturated heterocycles. The van der Waals surface area contributed by atoms with Crippen LogP contribution in [0.15, 0.2) is 54.6 Å². The van der Waals surface area contributed by atoms with E-state index in [-0.39, 0.29) is 0 Å². The van der Waals surface area contributed by atoms with Crippen LogP contribution in [0.1, 0.15) is 22.6 Å². The molecule has 2 aromatic carbocycles. The quantitative estimate of drug-likeness (QED) is 0.872. The molecule has 2 aromatic rings. The first kappa shape index (κ1) is 12.8. The van der Waals surface area contributed by atoms with Gasteiger partial charge in [-0.05, 0) is 16.7 Å². The van der Waals surface area contributed by atoms with Gasteiger partial charge in [0.1, 0.15) is 5.92 Å². The first-order chi connectivity index (χ1) is 8.72. The fraction of sp³-hybridized carbons (Fsp3) is 0.133. The van der Waals surface area contributed by atoms with E-state index in [9.17, 15) is 9.90 Å². The van der Waals surface area contributed by atoms with Crippen molar-refractivity contribution in [1.82, 2.24) is 0 Å². The van der Waals surface area contributed by atoms with Crippen LogP contribution in [0.25, 0.3) is 0 Å². The van der Waals surface area contributed by atoms with Gasteiger partial charge in [0.05, 0.1) is 0 Å². The molecule has 0 spiro atoms. The topological polar surface area (TPSA) is 37.3 Å². The van der Waals surface area contributed by atoms with Crippen molar-refractivity contribution in [1.29, 1.82) is 0 Å². The van der Waals surface area contributed by atoms with E-state index in [2.05, 4.69) is 15.9 Å². The third kappa shape index (κ3) is 2.79. The van der Waals surface area contributed by atoms with Crippen molar-refractivity contribution in [3.05, 3.63) is 71.3 Å². The molecular formula is C15H13BrO2. The summed E-state index contributed by atoms with van der Waals surface area (Å²) in [7, 11) is 0. The van der Waals surface area contributed by atoms with Crippen molar-refractivity contribution < 1.29 is 9.90 Å². The largest absolute Gasteiger partial charge is 0.481 e. The van der Waals surface area contributed by atoms with Crippen molar-refractivity contribution >= 4 is 21.9 Å². The van der Waals surface area contributed by atoms with Crippen molar-refractivity contribution in [2.75, 3.05) is 0 Å². The highest BCUT2D eigenvalue weighted by molar-refractivity contribution is 9.08. The summed E-state index contributed by atoms with van der Waals surface area (Å²) in [6.07, 6.45) is 0. The van der Waals surface area contributed by atoms with Gasteiger partial charge in [0, 0.05) is 5.33 Å². The summed E-state index contributed by atoms with van der Waals surface area (Å²) in [4.78, 5) is 11.4. The van der Waals surface area contributed by atoms with Crippen molar-refractivity contribution in [2.45, 2.75) is 11.2 Å². The van der Waals surface area contributed by atoms with Crippen LogP contribution in [0.5, 0.6) is 0 Å². The summed E-state index contributed by atoms with van der Waals surface area (Å²) in [5.41, 5.74) is 2.74. The van der Waals surface area contributed by atoms with Gasteiger partial charge >= 0.3 is 5.97 Å². The molecule has 1 atom stereocenters. The molecule has 0 aromatic heterocycles. The molecule has 0 saturated carbocycles. The molecule has 0 radical (unpaired) electrons. The lowest BCUT2D eigenvalue weighted by Gasteiger charge is -2.13. The summed E-state index contributed by atoms with van der Waals surface area (Å²) < 4.78 is 0. The molecule has 0 aliphatic rings.